The van der Waals surface area contributed by atoms with E-state index in [1.807, 2.05) is 0 Å². The molecule has 0 N–H and O–H groups in total. The molecule has 2 amide bonds. The van der Waals surface area contributed by atoms with Gasteiger partial charge >= 0.3 is 11.9 Å². The SMILES string of the molecule is CC(=O)Oc1ccccc1C(=O)N=C1SCCN1C(=O)c1ccccc1OC(C)=O. The first-order valence-corrected chi connectivity index (χ1v) is 9.98. The van der Waals surface area contributed by atoms with Gasteiger partial charge in [-0.1, -0.05) is 36.0 Å². The number of rotatable bonds is 4. The Morgan fingerprint density at radius 1 is 0.867 bits per heavy atom. The molecule has 0 aromatic heterocycles. The third-order valence-electron chi connectivity index (χ3n) is 3.96. The average molecular weight is 426 g/mol. The van der Waals surface area contributed by atoms with Crippen molar-refractivity contribution in [1.82, 2.24) is 4.90 Å². The van der Waals surface area contributed by atoms with Gasteiger partial charge in [-0.2, -0.15) is 4.99 Å². The topological polar surface area (TPSA) is 102 Å². The van der Waals surface area contributed by atoms with Crippen molar-refractivity contribution in [2.24, 2.45) is 4.99 Å². The molecule has 154 valence electrons. The maximum absolute atomic E-state index is 13.0. The van der Waals surface area contributed by atoms with E-state index in [9.17, 15) is 19.2 Å². The summed E-state index contributed by atoms with van der Waals surface area (Å²) < 4.78 is 10.2. The van der Waals surface area contributed by atoms with Crippen LogP contribution in [0.15, 0.2) is 53.5 Å². The maximum atomic E-state index is 13.0. The summed E-state index contributed by atoms with van der Waals surface area (Å²) in [5, 5.41) is 0.222. The van der Waals surface area contributed by atoms with Crippen molar-refractivity contribution >= 4 is 40.7 Å². The predicted molar refractivity (Wildman–Crippen MR) is 111 cm³/mol. The van der Waals surface area contributed by atoms with E-state index in [4.69, 9.17) is 9.47 Å². The molecular weight excluding hydrogens is 408 g/mol. The Hall–Kier alpha value is -3.46. The van der Waals surface area contributed by atoms with Gasteiger partial charge in [-0.05, 0) is 24.3 Å². The first-order chi connectivity index (χ1) is 14.4. The van der Waals surface area contributed by atoms with Crippen LogP contribution in [0, 0.1) is 0 Å². The van der Waals surface area contributed by atoms with Crippen molar-refractivity contribution in [1.29, 1.82) is 0 Å². The number of para-hydroxylation sites is 2. The standard InChI is InChI=1S/C21H18N2O6S/c1-13(24)28-17-9-5-3-7-15(17)19(26)22-21-23(11-12-30-21)20(27)16-8-4-6-10-18(16)29-14(2)25/h3-10H,11-12H2,1-2H3. The van der Waals surface area contributed by atoms with Gasteiger partial charge in [0.05, 0.1) is 11.1 Å². The van der Waals surface area contributed by atoms with E-state index in [1.54, 1.807) is 30.3 Å². The summed E-state index contributed by atoms with van der Waals surface area (Å²) in [4.78, 5) is 53.8. The zero-order valence-electron chi connectivity index (χ0n) is 16.3. The highest BCUT2D eigenvalue weighted by Crippen LogP contribution is 2.27. The highest BCUT2D eigenvalue weighted by Gasteiger charge is 2.30. The molecule has 0 radical (unpaired) electrons. The lowest BCUT2D eigenvalue weighted by Crippen LogP contribution is -2.32. The van der Waals surface area contributed by atoms with E-state index in [0.29, 0.717) is 12.3 Å². The lowest BCUT2D eigenvalue weighted by atomic mass is 10.1. The second kappa shape index (κ2) is 9.36. The van der Waals surface area contributed by atoms with E-state index in [-0.39, 0.29) is 27.8 Å². The summed E-state index contributed by atoms with van der Waals surface area (Å²) in [5.74, 6) is -1.38. The molecule has 2 aromatic carbocycles. The van der Waals surface area contributed by atoms with Crippen molar-refractivity contribution in [3.63, 3.8) is 0 Å². The predicted octanol–water partition coefficient (Wildman–Crippen LogP) is 2.92. The summed E-state index contributed by atoms with van der Waals surface area (Å²) >= 11 is 1.25. The van der Waals surface area contributed by atoms with Crippen molar-refractivity contribution in [3.05, 3.63) is 59.7 Å². The quantitative estimate of drug-likeness (QED) is 0.547. The van der Waals surface area contributed by atoms with Crippen LogP contribution in [0.2, 0.25) is 0 Å². The van der Waals surface area contributed by atoms with Gasteiger partial charge < -0.3 is 9.47 Å². The second-order valence-electron chi connectivity index (χ2n) is 6.18. The van der Waals surface area contributed by atoms with Crippen LogP contribution in [-0.2, 0) is 9.59 Å². The fraction of sp³-hybridized carbons (Fsp3) is 0.190. The number of nitrogens with zero attached hydrogens (tertiary/aromatic N) is 2. The van der Waals surface area contributed by atoms with Crippen LogP contribution in [0.3, 0.4) is 0 Å². The molecule has 0 unspecified atom stereocenters. The van der Waals surface area contributed by atoms with Crippen molar-refractivity contribution in [2.45, 2.75) is 13.8 Å². The number of aliphatic imine (C=N–C) groups is 1. The Morgan fingerprint density at radius 3 is 2.00 bits per heavy atom. The van der Waals surface area contributed by atoms with Crippen LogP contribution < -0.4 is 9.47 Å². The van der Waals surface area contributed by atoms with Crippen LogP contribution in [0.25, 0.3) is 0 Å². The fourth-order valence-corrected chi connectivity index (χ4v) is 3.68. The Kier molecular flexibility index (Phi) is 6.63. The van der Waals surface area contributed by atoms with Gasteiger partial charge in [0.1, 0.15) is 11.5 Å². The minimum absolute atomic E-state index is 0.0976. The minimum Gasteiger partial charge on any atom is -0.426 e. The smallest absolute Gasteiger partial charge is 0.308 e. The van der Waals surface area contributed by atoms with E-state index in [2.05, 4.69) is 4.99 Å². The molecule has 3 rings (SSSR count). The Labute approximate surface area is 176 Å². The second-order valence-corrected chi connectivity index (χ2v) is 7.25. The molecule has 0 spiro atoms. The van der Waals surface area contributed by atoms with Gasteiger partial charge in [-0.15, -0.1) is 0 Å². The number of carbonyl (C=O) groups excluding carboxylic acids is 4. The van der Waals surface area contributed by atoms with E-state index >= 15 is 0 Å². The Morgan fingerprint density at radius 2 is 1.40 bits per heavy atom. The lowest BCUT2D eigenvalue weighted by molar-refractivity contribution is -0.132. The number of thioether (sulfide) groups is 1. The first-order valence-electron chi connectivity index (χ1n) is 8.99. The molecule has 30 heavy (non-hydrogen) atoms. The number of ether oxygens (including phenoxy) is 2. The van der Waals surface area contributed by atoms with Crippen LogP contribution in [-0.4, -0.2) is 46.1 Å². The summed E-state index contributed by atoms with van der Waals surface area (Å²) in [6.07, 6.45) is 0. The number of amides is 2. The molecular formula is C21H18N2O6S. The average Bonchev–Trinajstić information content (AvgIpc) is 3.15. The largest absolute Gasteiger partial charge is 0.426 e. The molecule has 1 saturated heterocycles. The van der Waals surface area contributed by atoms with Gasteiger partial charge in [0.25, 0.3) is 11.8 Å². The van der Waals surface area contributed by atoms with E-state index in [1.165, 1.54) is 48.7 Å². The fourth-order valence-electron chi connectivity index (χ4n) is 2.75. The molecule has 2 aromatic rings. The molecule has 1 heterocycles. The first kappa shape index (κ1) is 21.3. The van der Waals surface area contributed by atoms with Crippen molar-refractivity contribution in [3.8, 4) is 11.5 Å². The van der Waals surface area contributed by atoms with Crippen molar-refractivity contribution < 1.29 is 28.7 Å². The molecule has 1 fully saturated rings. The summed E-state index contributed by atoms with van der Waals surface area (Å²) in [6, 6.07) is 12.6. The van der Waals surface area contributed by atoms with Crippen LogP contribution in [0.1, 0.15) is 34.6 Å². The Bertz CT molecular complexity index is 1050. The number of hydrogen-bond donors (Lipinski definition) is 0. The maximum Gasteiger partial charge on any atom is 0.308 e. The molecule has 9 heteroatoms. The van der Waals surface area contributed by atoms with Crippen LogP contribution in [0.5, 0.6) is 11.5 Å². The van der Waals surface area contributed by atoms with Crippen LogP contribution in [0.4, 0.5) is 0 Å². The number of hydrogen-bond acceptors (Lipinski definition) is 7. The van der Waals surface area contributed by atoms with E-state index in [0.717, 1.165) is 0 Å². The van der Waals surface area contributed by atoms with Gasteiger partial charge in [0.15, 0.2) is 5.17 Å². The number of esters is 2. The third kappa shape index (κ3) is 4.93. The third-order valence-corrected chi connectivity index (χ3v) is 4.92. The summed E-state index contributed by atoms with van der Waals surface area (Å²) in [6.45, 7) is 2.83. The lowest BCUT2D eigenvalue weighted by Gasteiger charge is -2.17. The molecule has 8 nitrogen and oxygen atoms in total. The summed E-state index contributed by atoms with van der Waals surface area (Å²) in [7, 11) is 0. The van der Waals surface area contributed by atoms with Crippen molar-refractivity contribution in [2.75, 3.05) is 12.3 Å². The highest BCUT2D eigenvalue weighted by atomic mass is 32.2. The number of amidine groups is 1. The van der Waals surface area contributed by atoms with Gasteiger partial charge in [0, 0.05) is 26.1 Å². The van der Waals surface area contributed by atoms with E-state index < -0.39 is 23.8 Å². The van der Waals surface area contributed by atoms with Gasteiger partial charge in [-0.25, -0.2) is 0 Å². The molecule has 0 bridgehead atoms. The molecule has 1 aliphatic heterocycles. The van der Waals surface area contributed by atoms with Gasteiger partial charge in [0.2, 0.25) is 0 Å². The zero-order valence-corrected chi connectivity index (χ0v) is 17.1. The highest BCUT2D eigenvalue weighted by molar-refractivity contribution is 8.14. The normalized spacial score (nSPS) is 14.5. The van der Waals surface area contributed by atoms with Crippen LogP contribution >= 0.6 is 11.8 Å². The summed E-state index contributed by atoms with van der Waals surface area (Å²) in [5.41, 5.74) is 0.302. The van der Waals surface area contributed by atoms with Gasteiger partial charge in [-0.3, -0.25) is 24.1 Å². The molecule has 0 saturated carbocycles. The Balaban J connectivity index is 1.89. The molecule has 1 aliphatic rings. The molecule has 0 atom stereocenters. The molecule has 0 aliphatic carbocycles. The minimum atomic E-state index is -0.637. The monoisotopic (exact) mass is 426 g/mol. The number of benzene rings is 2. The number of carbonyl (C=O) groups is 4. The zero-order chi connectivity index (χ0) is 21.7.